The van der Waals surface area contributed by atoms with Crippen LogP contribution in [-0.2, 0) is 11.5 Å². The van der Waals surface area contributed by atoms with E-state index in [4.69, 9.17) is 4.74 Å². The maximum Gasteiger partial charge on any atom is 0.124 e. The molecule has 14 heavy (non-hydrogen) atoms. The minimum absolute atomic E-state index is 0.600. The summed E-state index contributed by atoms with van der Waals surface area (Å²) < 4.78 is 8.32. The van der Waals surface area contributed by atoms with E-state index in [1.807, 2.05) is 10.8 Å². The van der Waals surface area contributed by atoms with Gasteiger partial charge in [0.15, 0.2) is 0 Å². The Bertz CT molecular complexity index is 283. The van der Waals surface area contributed by atoms with Crippen molar-refractivity contribution in [3.63, 3.8) is 0 Å². The molecular weight excluding hydrogens is 260 g/mol. The lowest BCUT2D eigenvalue weighted by atomic mass is 10.8. The molecule has 0 bridgehead atoms. The van der Waals surface area contributed by atoms with Crippen molar-refractivity contribution in [2.45, 2.75) is 32.4 Å². The van der Waals surface area contributed by atoms with Crippen molar-refractivity contribution in [2.75, 3.05) is 6.61 Å². The lowest BCUT2D eigenvalue weighted by Gasteiger charge is -2.15. The highest BCUT2D eigenvalue weighted by atomic mass is 79.9. The molecule has 3 nitrogen and oxygen atoms in total. The van der Waals surface area contributed by atoms with Gasteiger partial charge in [-0.1, -0.05) is 19.6 Å². The van der Waals surface area contributed by atoms with Gasteiger partial charge in [0.1, 0.15) is 11.3 Å². The van der Waals surface area contributed by atoms with Crippen molar-refractivity contribution >= 4 is 24.0 Å². The minimum atomic E-state index is -0.949. The normalized spacial score (nSPS) is 12.0. The molecule has 1 rings (SSSR count). The maximum absolute atomic E-state index is 5.55. The van der Waals surface area contributed by atoms with Crippen molar-refractivity contribution in [1.29, 1.82) is 0 Å². The van der Waals surface area contributed by atoms with Gasteiger partial charge in [-0.3, -0.25) is 0 Å². The largest absolute Gasteiger partial charge is 0.361 e. The standard InChI is InChI=1S/C9H17BrN2OSi/c1-14(2,3)5-4-13-8-12-6-9(10)11-7-12/h6-7H,4-5,8H2,1-3H3. The molecule has 0 unspecified atom stereocenters. The van der Waals surface area contributed by atoms with Gasteiger partial charge in [-0.2, -0.15) is 0 Å². The first kappa shape index (κ1) is 11.9. The second-order valence-corrected chi connectivity index (χ2v) is 11.0. The van der Waals surface area contributed by atoms with E-state index in [-0.39, 0.29) is 0 Å². The number of hydrogen-bond donors (Lipinski definition) is 0. The molecule has 0 saturated carbocycles. The molecule has 5 heteroatoms. The molecule has 0 saturated heterocycles. The van der Waals surface area contributed by atoms with Crippen LogP contribution in [0.3, 0.4) is 0 Å². The third kappa shape index (κ3) is 4.93. The molecule has 0 aromatic carbocycles. The first-order valence-electron chi connectivity index (χ1n) is 4.72. The molecule has 1 aromatic heterocycles. The Morgan fingerprint density at radius 1 is 1.50 bits per heavy atom. The summed E-state index contributed by atoms with van der Waals surface area (Å²) >= 11 is 3.29. The SMILES string of the molecule is C[Si](C)(C)CCOCn1cnc(Br)c1. The molecule has 0 radical (unpaired) electrons. The highest BCUT2D eigenvalue weighted by Crippen LogP contribution is 2.08. The van der Waals surface area contributed by atoms with E-state index in [0.717, 1.165) is 11.2 Å². The van der Waals surface area contributed by atoms with Gasteiger partial charge < -0.3 is 9.30 Å². The Kier molecular flexibility index (Phi) is 4.34. The second-order valence-electron chi connectivity index (χ2n) is 4.56. The lowest BCUT2D eigenvalue weighted by molar-refractivity contribution is 0.0871. The molecular formula is C9H17BrN2OSi. The Labute approximate surface area is 94.6 Å². The van der Waals surface area contributed by atoms with Crippen LogP contribution in [0.4, 0.5) is 0 Å². The number of nitrogens with zero attached hydrogens (tertiary/aromatic N) is 2. The Morgan fingerprint density at radius 3 is 2.71 bits per heavy atom. The van der Waals surface area contributed by atoms with Crippen LogP contribution in [0.15, 0.2) is 17.1 Å². The first-order chi connectivity index (χ1) is 6.47. The summed E-state index contributed by atoms with van der Waals surface area (Å²) in [6, 6.07) is 1.21. The fourth-order valence-electron chi connectivity index (χ4n) is 0.952. The Balaban J connectivity index is 2.16. The maximum atomic E-state index is 5.55. The van der Waals surface area contributed by atoms with Gasteiger partial charge in [0.05, 0.1) is 6.33 Å². The summed E-state index contributed by atoms with van der Waals surface area (Å²) in [4.78, 5) is 4.05. The molecule has 1 aromatic rings. The van der Waals surface area contributed by atoms with Gasteiger partial charge in [-0.05, 0) is 22.0 Å². The van der Waals surface area contributed by atoms with Gasteiger partial charge in [0.2, 0.25) is 0 Å². The second kappa shape index (κ2) is 5.09. The topological polar surface area (TPSA) is 27.1 Å². The molecule has 0 atom stereocenters. The number of rotatable bonds is 5. The number of hydrogen-bond acceptors (Lipinski definition) is 2. The molecule has 0 fully saturated rings. The van der Waals surface area contributed by atoms with Gasteiger partial charge >= 0.3 is 0 Å². The predicted octanol–water partition coefficient (Wildman–Crippen LogP) is 2.96. The summed E-state index contributed by atoms with van der Waals surface area (Å²) in [5, 5.41) is 0. The highest BCUT2D eigenvalue weighted by molar-refractivity contribution is 9.10. The Morgan fingerprint density at radius 2 is 2.21 bits per heavy atom. The average Bonchev–Trinajstić information content (AvgIpc) is 2.44. The van der Waals surface area contributed by atoms with Crippen LogP contribution >= 0.6 is 15.9 Å². The minimum Gasteiger partial charge on any atom is -0.361 e. The molecule has 80 valence electrons. The smallest absolute Gasteiger partial charge is 0.124 e. The van der Waals surface area contributed by atoms with Gasteiger partial charge in [0.25, 0.3) is 0 Å². The first-order valence-corrected chi connectivity index (χ1v) is 9.22. The van der Waals surface area contributed by atoms with E-state index in [1.54, 1.807) is 6.33 Å². The van der Waals surface area contributed by atoms with Crippen molar-refractivity contribution in [3.8, 4) is 0 Å². The number of halogens is 1. The Hall–Kier alpha value is -0.133. The molecule has 0 aliphatic heterocycles. The fourth-order valence-corrected chi connectivity index (χ4v) is 2.06. The molecule has 0 amide bonds. The fraction of sp³-hybridized carbons (Fsp3) is 0.667. The van der Waals surface area contributed by atoms with Crippen molar-refractivity contribution in [1.82, 2.24) is 9.55 Å². The van der Waals surface area contributed by atoms with Crippen molar-refractivity contribution in [2.24, 2.45) is 0 Å². The summed E-state index contributed by atoms with van der Waals surface area (Å²) in [5.41, 5.74) is 0. The van der Waals surface area contributed by atoms with E-state index in [1.165, 1.54) is 6.04 Å². The third-order valence-corrected chi connectivity index (χ3v) is 3.95. The van der Waals surface area contributed by atoms with E-state index < -0.39 is 8.07 Å². The van der Waals surface area contributed by atoms with Crippen molar-refractivity contribution < 1.29 is 4.74 Å². The van der Waals surface area contributed by atoms with Gasteiger partial charge in [-0.15, -0.1) is 0 Å². The molecule has 1 heterocycles. The van der Waals surface area contributed by atoms with Crippen LogP contribution in [0.25, 0.3) is 0 Å². The molecule has 0 N–H and O–H groups in total. The summed E-state index contributed by atoms with van der Waals surface area (Å²) in [6.07, 6.45) is 3.67. The van der Waals surface area contributed by atoms with Crippen LogP contribution in [-0.4, -0.2) is 24.2 Å². The lowest BCUT2D eigenvalue weighted by Crippen LogP contribution is -2.21. The quantitative estimate of drug-likeness (QED) is 0.611. The molecule has 0 spiro atoms. The highest BCUT2D eigenvalue weighted by Gasteiger charge is 2.11. The zero-order chi connectivity index (χ0) is 10.6. The predicted molar refractivity (Wildman–Crippen MR) is 64.0 cm³/mol. The van der Waals surface area contributed by atoms with Crippen LogP contribution in [0.2, 0.25) is 25.7 Å². The van der Waals surface area contributed by atoms with Gasteiger partial charge in [0, 0.05) is 20.9 Å². The van der Waals surface area contributed by atoms with E-state index in [2.05, 4.69) is 40.6 Å². The van der Waals surface area contributed by atoms with Gasteiger partial charge in [-0.25, -0.2) is 4.98 Å². The van der Waals surface area contributed by atoms with Crippen LogP contribution in [0.5, 0.6) is 0 Å². The van der Waals surface area contributed by atoms with E-state index >= 15 is 0 Å². The number of aromatic nitrogens is 2. The van der Waals surface area contributed by atoms with Crippen molar-refractivity contribution in [3.05, 3.63) is 17.1 Å². The average molecular weight is 277 g/mol. The monoisotopic (exact) mass is 276 g/mol. The van der Waals surface area contributed by atoms with Crippen LogP contribution < -0.4 is 0 Å². The zero-order valence-corrected chi connectivity index (χ0v) is 11.5. The van der Waals surface area contributed by atoms with Crippen LogP contribution in [0.1, 0.15) is 0 Å². The van der Waals surface area contributed by atoms with E-state index in [9.17, 15) is 0 Å². The molecule has 0 aliphatic carbocycles. The summed E-state index contributed by atoms with van der Waals surface area (Å²) in [7, 11) is -0.949. The third-order valence-electron chi connectivity index (χ3n) is 1.84. The summed E-state index contributed by atoms with van der Waals surface area (Å²) in [6.45, 7) is 8.51. The number of ether oxygens (including phenoxy) is 1. The number of imidazole rings is 1. The summed E-state index contributed by atoms with van der Waals surface area (Å²) in [5.74, 6) is 0. The molecule has 0 aliphatic rings. The van der Waals surface area contributed by atoms with E-state index in [0.29, 0.717) is 6.73 Å². The van der Waals surface area contributed by atoms with Crippen LogP contribution in [0, 0.1) is 0 Å². The zero-order valence-electron chi connectivity index (χ0n) is 8.96.